The first-order chi connectivity index (χ1) is 13.2. The first-order valence-corrected chi connectivity index (χ1v) is 8.68. The lowest BCUT2D eigenvalue weighted by Gasteiger charge is -2.14. The van der Waals surface area contributed by atoms with Crippen molar-refractivity contribution in [3.8, 4) is 5.88 Å². The van der Waals surface area contributed by atoms with Gasteiger partial charge in [-0.1, -0.05) is 30.3 Å². The van der Waals surface area contributed by atoms with Crippen molar-refractivity contribution >= 4 is 11.7 Å². The Kier molecular flexibility index (Phi) is 6.30. The summed E-state index contributed by atoms with van der Waals surface area (Å²) in [7, 11) is 0. The monoisotopic (exact) mass is 363 g/mol. The number of amides is 1. The number of carbonyl (C=O) groups is 1. The van der Waals surface area contributed by atoms with E-state index in [0.717, 1.165) is 5.56 Å². The maximum absolute atomic E-state index is 12.2. The van der Waals surface area contributed by atoms with Gasteiger partial charge in [0.2, 0.25) is 5.88 Å². The van der Waals surface area contributed by atoms with Gasteiger partial charge in [0.05, 0.1) is 11.8 Å². The number of rotatable bonds is 8. The average molecular weight is 363 g/mol. The summed E-state index contributed by atoms with van der Waals surface area (Å²) in [6.07, 6.45) is 6.23. The van der Waals surface area contributed by atoms with Crippen LogP contribution in [0.25, 0.3) is 0 Å². The second-order valence-electron chi connectivity index (χ2n) is 5.83. The van der Waals surface area contributed by atoms with Crippen molar-refractivity contribution in [1.29, 1.82) is 0 Å². The standard InChI is InChI=1S/C20H21N5O2/c1-15(16-5-3-2-4-6-16)27-19-8-7-17(13-25-19)20(26)24-12-11-23-18-14-21-9-10-22-18/h2-10,13-15H,11-12H2,1H3,(H,22,23)(H,24,26)/t15-/m0/s1. The Balaban J connectivity index is 1.45. The molecule has 27 heavy (non-hydrogen) atoms. The molecule has 0 spiro atoms. The van der Waals surface area contributed by atoms with E-state index < -0.39 is 0 Å². The highest BCUT2D eigenvalue weighted by Gasteiger charge is 2.09. The van der Waals surface area contributed by atoms with Crippen molar-refractivity contribution in [2.45, 2.75) is 13.0 Å². The minimum atomic E-state index is -0.189. The highest BCUT2D eigenvalue weighted by atomic mass is 16.5. The second-order valence-corrected chi connectivity index (χ2v) is 5.83. The fourth-order valence-corrected chi connectivity index (χ4v) is 2.42. The number of hydrogen-bond donors (Lipinski definition) is 2. The molecule has 7 nitrogen and oxygen atoms in total. The van der Waals surface area contributed by atoms with E-state index in [1.165, 1.54) is 6.20 Å². The molecule has 138 valence electrons. The van der Waals surface area contributed by atoms with E-state index in [4.69, 9.17) is 4.74 Å². The van der Waals surface area contributed by atoms with Gasteiger partial charge in [-0.3, -0.25) is 9.78 Å². The third-order valence-corrected chi connectivity index (χ3v) is 3.84. The highest BCUT2D eigenvalue weighted by Crippen LogP contribution is 2.19. The zero-order chi connectivity index (χ0) is 18.9. The van der Waals surface area contributed by atoms with E-state index in [1.807, 2.05) is 37.3 Å². The Labute approximate surface area is 157 Å². The average Bonchev–Trinajstić information content (AvgIpc) is 2.73. The highest BCUT2D eigenvalue weighted by molar-refractivity contribution is 5.93. The van der Waals surface area contributed by atoms with Crippen LogP contribution in [0.5, 0.6) is 5.88 Å². The van der Waals surface area contributed by atoms with E-state index >= 15 is 0 Å². The van der Waals surface area contributed by atoms with Gasteiger partial charge in [-0.25, -0.2) is 9.97 Å². The number of nitrogens with one attached hydrogen (secondary N) is 2. The number of ether oxygens (including phenoxy) is 1. The van der Waals surface area contributed by atoms with Crippen LogP contribution in [0, 0.1) is 0 Å². The van der Waals surface area contributed by atoms with Crippen LogP contribution in [0.15, 0.2) is 67.3 Å². The lowest BCUT2D eigenvalue weighted by atomic mass is 10.1. The van der Waals surface area contributed by atoms with Gasteiger partial charge >= 0.3 is 0 Å². The van der Waals surface area contributed by atoms with E-state index in [-0.39, 0.29) is 12.0 Å². The summed E-state index contributed by atoms with van der Waals surface area (Å²) in [5.74, 6) is 0.959. The van der Waals surface area contributed by atoms with Crippen molar-refractivity contribution in [3.05, 3.63) is 78.4 Å². The molecule has 0 saturated carbocycles. The summed E-state index contributed by atoms with van der Waals surface area (Å²) >= 11 is 0. The van der Waals surface area contributed by atoms with Crippen molar-refractivity contribution < 1.29 is 9.53 Å². The Hall–Kier alpha value is -3.48. The van der Waals surface area contributed by atoms with E-state index in [2.05, 4.69) is 25.6 Å². The molecule has 0 bridgehead atoms. The largest absolute Gasteiger partial charge is 0.470 e. The summed E-state index contributed by atoms with van der Waals surface area (Å²) in [4.78, 5) is 24.4. The van der Waals surface area contributed by atoms with Crippen LogP contribution >= 0.6 is 0 Å². The molecule has 7 heteroatoms. The summed E-state index contributed by atoms with van der Waals surface area (Å²) in [6, 6.07) is 13.3. The number of carbonyl (C=O) groups excluding carboxylic acids is 1. The molecule has 3 rings (SSSR count). The topological polar surface area (TPSA) is 89.0 Å². The molecular formula is C20H21N5O2. The van der Waals surface area contributed by atoms with Crippen LogP contribution < -0.4 is 15.4 Å². The normalized spacial score (nSPS) is 11.4. The Morgan fingerprint density at radius 2 is 1.89 bits per heavy atom. The molecule has 0 aliphatic carbocycles. The molecule has 0 radical (unpaired) electrons. The first kappa shape index (κ1) is 18.3. The lowest BCUT2D eigenvalue weighted by molar-refractivity contribution is 0.0954. The summed E-state index contributed by atoms with van der Waals surface area (Å²) < 4.78 is 5.82. The molecule has 0 aliphatic heterocycles. The minimum Gasteiger partial charge on any atom is -0.470 e. The zero-order valence-electron chi connectivity index (χ0n) is 15.0. The SMILES string of the molecule is C[C@H](Oc1ccc(C(=O)NCCNc2cnccn2)cn1)c1ccccc1. The number of anilines is 1. The van der Waals surface area contributed by atoms with Gasteiger partial charge in [-0.05, 0) is 18.6 Å². The van der Waals surface area contributed by atoms with Crippen molar-refractivity contribution in [2.75, 3.05) is 18.4 Å². The van der Waals surface area contributed by atoms with Crippen LogP contribution in [-0.4, -0.2) is 33.9 Å². The van der Waals surface area contributed by atoms with E-state index in [9.17, 15) is 4.79 Å². The number of pyridine rings is 1. The molecule has 0 saturated heterocycles. The Bertz CT molecular complexity index is 841. The molecular weight excluding hydrogens is 342 g/mol. The maximum Gasteiger partial charge on any atom is 0.252 e. The van der Waals surface area contributed by atoms with Crippen molar-refractivity contribution in [1.82, 2.24) is 20.3 Å². The second kappa shape index (κ2) is 9.28. The third-order valence-electron chi connectivity index (χ3n) is 3.84. The quantitative estimate of drug-likeness (QED) is 0.598. The van der Waals surface area contributed by atoms with Gasteiger partial charge in [0, 0.05) is 37.7 Å². The molecule has 2 aromatic heterocycles. The Morgan fingerprint density at radius 1 is 1.04 bits per heavy atom. The predicted molar refractivity (Wildman–Crippen MR) is 103 cm³/mol. The molecule has 0 fully saturated rings. The van der Waals surface area contributed by atoms with Gasteiger partial charge in [0.25, 0.3) is 5.91 Å². The number of nitrogens with zero attached hydrogens (tertiary/aromatic N) is 3. The molecule has 2 N–H and O–H groups in total. The maximum atomic E-state index is 12.2. The van der Waals surface area contributed by atoms with E-state index in [1.54, 1.807) is 30.7 Å². The number of hydrogen-bond acceptors (Lipinski definition) is 6. The van der Waals surface area contributed by atoms with Crippen LogP contribution in [0.1, 0.15) is 28.9 Å². The van der Waals surface area contributed by atoms with E-state index in [0.29, 0.717) is 30.4 Å². The minimum absolute atomic E-state index is 0.120. The predicted octanol–water partition coefficient (Wildman–Crippen LogP) is 2.85. The Morgan fingerprint density at radius 3 is 2.59 bits per heavy atom. The molecule has 0 aliphatic rings. The molecule has 3 aromatic rings. The summed E-state index contributed by atoms with van der Waals surface area (Å²) in [6.45, 7) is 2.97. The third kappa shape index (κ3) is 5.50. The summed E-state index contributed by atoms with van der Waals surface area (Å²) in [5, 5.41) is 5.90. The van der Waals surface area contributed by atoms with Crippen molar-refractivity contribution in [2.24, 2.45) is 0 Å². The van der Waals surface area contributed by atoms with Gasteiger partial charge < -0.3 is 15.4 Å². The zero-order valence-corrected chi connectivity index (χ0v) is 15.0. The van der Waals surface area contributed by atoms with Gasteiger partial charge in [0.1, 0.15) is 11.9 Å². The smallest absolute Gasteiger partial charge is 0.252 e. The van der Waals surface area contributed by atoms with Crippen LogP contribution in [0.3, 0.4) is 0 Å². The molecule has 1 amide bonds. The summed E-state index contributed by atoms with van der Waals surface area (Å²) in [5.41, 5.74) is 1.55. The van der Waals surface area contributed by atoms with Crippen LogP contribution in [-0.2, 0) is 0 Å². The van der Waals surface area contributed by atoms with Gasteiger partial charge in [0.15, 0.2) is 0 Å². The van der Waals surface area contributed by atoms with Gasteiger partial charge in [-0.15, -0.1) is 0 Å². The van der Waals surface area contributed by atoms with Crippen molar-refractivity contribution in [3.63, 3.8) is 0 Å². The molecule has 1 aromatic carbocycles. The molecule has 0 unspecified atom stereocenters. The fraction of sp³-hybridized carbons (Fsp3) is 0.200. The van der Waals surface area contributed by atoms with Crippen LogP contribution in [0.4, 0.5) is 5.82 Å². The number of benzene rings is 1. The lowest BCUT2D eigenvalue weighted by Crippen LogP contribution is -2.29. The number of aromatic nitrogens is 3. The van der Waals surface area contributed by atoms with Gasteiger partial charge in [-0.2, -0.15) is 0 Å². The van der Waals surface area contributed by atoms with Crippen LogP contribution in [0.2, 0.25) is 0 Å². The molecule has 1 atom stereocenters. The first-order valence-electron chi connectivity index (χ1n) is 8.68. The molecule has 2 heterocycles. The fourth-order valence-electron chi connectivity index (χ4n) is 2.42.